The van der Waals surface area contributed by atoms with Gasteiger partial charge in [-0.3, -0.25) is 4.18 Å². The molecule has 0 heterocycles. The molecule has 0 amide bonds. The summed E-state index contributed by atoms with van der Waals surface area (Å²) < 4.78 is 30.0. The number of hydrogen-bond donors (Lipinski definition) is 1. The van der Waals surface area contributed by atoms with Crippen molar-refractivity contribution in [3.05, 3.63) is 72.3 Å². The first-order valence-corrected chi connectivity index (χ1v) is 8.12. The zero-order valence-electron chi connectivity index (χ0n) is 11.6. The SMILES string of the molecule is O=S(=O)(OCc1ccccc1)c1cccc2ccc(O)cc12. The van der Waals surface area contributed by atoms with Crippen LogP contribution in [0.1, 0.15) is 5.56 Å². The van der Waals surface area contributed by atoms with Gasteiger partial charge in [0, 0.05) is 5.39 Å². The zero-order valence-corrected chi connectivity index (χ0v) is 12.5. The summed E-state index contributed by atoms with van der Waals surface area (Å²) in [6, 6.07) is 18.6. The van der Waals surface area contributed by atoms with Crippen molar-refractivity contribution in [1.82, 2.24) is 0 Å². The lowest BCUT2D eigenvalue weighted by Crippen LogP contribution is -2.07. The molecule has 22 heavy (non-hydrogen) atoms. The monoisotopic (exact) mass is 314 g/mol. The van der Waals surface area contributed by atoms with Crippen LogP contribution in [0.3, 0.4) is 0 Å². The van der Waals surface area contributed by atoms with Gasteiger partial charge in [-0.2, -0.15) is 8.42 Å². The van der Waals surface area contributed by atoms with Crippen LogP contribution in [0.2, 0.25) is 0 Å². The molecule has 0 fully saturated rings. The molecule has 0 spiro atoms. The molecule has 4 nitrogen and oxygen atoms in total. The maximum atomic E-state index is 12.4. The third kappa shape index (κ3) is 2.95. The van der Waals surface area contributed by atoms with Gasteiger partial charge in [0.15, 0.2) is 0 Å². The van der Waals surface area contributed by atoms with E-state index < -0.39 is 10.1 Å². The number of phenolic OH excluding ortho intramolecular Hbond substituents is 1. The van der Waals surface area contributed by atoms with Gasteiger partial charge in [-0.15, -0.1) is 0 Å². The smallest absolute Gasteiger partial charge is 0.297 e. The summed E-state index contributed by atoms with van der Waals surface area (Å²) in [5.41, 5.74) is 0.772. The van der Waals surface area contributed by atoms with E-state index in [1.165, 1.54) is 18.2 Å². The lowest BCUT2D eigenvalue weighted by Gasteiger charge is -2.09. The minimum atomic E-state index is -3.91. The second kappa shape index (κ2) is 5.79. The zero-order chi connectivity index (χ0) is 15.6. The van der Waals surface area contributed by atoms with Crippen LogP contribution in [0, 0.1) is 0 Å². The summed E-state index contributed by atoms with van der Waals surface area (Å²) in [6.07, 6.45) is 0. The first-order valence-electron chi connectivity index (χ1n) is 6.71. The molecule has 5 heteroatoms. The van der Waals surface area contributed by atoms with Crippen LogP contribution in [0.15, 0.2) is 71.6 Å². The Bertz CT molecular complexity index is 902. The summed E-state index contributed by atoms with van der Waals surface area (Å²) in [7, 11) is -3.91. The quantitative estimate of drug-likeness (QED) is 0.749. The van der Waals surface area contributed by atoms with E-state index in [2.05, 4.69) is 0 Å². The molecule has 112 valence electrons. The predicted octanol–water partition coefficient (Wildman–Crippen LogP) is 3.45. The topological polar surface area (TPSA) is 63.6 Å². The summed E-state index contributed by atoms with van der Waals surface area (Å²) >= 11 is 0. The molecule has 0 aliphatic heterocycles. The normalized spacial score (nSPS) is 11.6. The third-order valence-corrected chi connectivity index (χ3v) is 4.64. The fourth-order valence-corrected chi connectivity index (χ4v) is 3.34. The molecule has 1 N–H and O–H groups in total. The van der Waals surface area contributed by atoms with Gasteiger partial charge >= 0.3 is 0 Å². The number of fused-ring (bicyclic) bond motifs is 1. The molecule has 3 aromatic rings. The fraction of sp³-hybridized carbons (Fsp3) is 0.0588. The van der Waals surface area contributed by atoms with Crippen molar-refractivity contribution in [2.24, 2.45) is 0 Å². The lowest BCUT2D eigenvalue weighted by molar-refractivity contribution is 0.308. The van der Waals surface area contributed by atoms with Crippen molar-refractivity contribution in [3.8, 4) is 5.75 Å². The van der Waals surface area contributed by atoms with Crippen LogP contribution in [0.5, 0.6) is 5.75 Å². The number of rotatable bonds is 4. The minimum Gasteiger partial charge on any atom is -0.508 e. The molecule has 3 aromatic carbocycles. The third-order valence-electron chi connectivity index (χ3n) is 3.32. The first kappa shape index (κ1) is 14.6. The van der Waals surface area contributed by atoms with Crippen molar-refractivity contribution in [2.75, 3.05) is 0 Å². The van der Waals surface area contributed by atoms with Crippen LogP contribution in [-0.2, 0) is 20.9 Å². The van der Waals surface area contributed by atoms with Gasteiger partial charge in [-0.1, -0.05) is 48.5 Å². The maximum absolute atomic E-state index is 12.4. The highest BCUT2D eigenvalue weighted by Crippen LogP contribution is 2.28. The summed E-state index contributed by atoms with van der Waals surface area (Å²) in [4.78, 5) is 0.0526. The number of phenols is 1. The molecular formula is C17H14O4S. The van der Waals surface area contributed by atoms with Crippen LogP contribution >= 0.6 is 0 Å². The van der Waals surface area contributed by atoms with Gasteiger partial charge in [0.2, 0.25) is 0 Å². The van der Waals surface area contributed by atoms with Gasteiger partial charge in [0.25, 0.3) is 10.1 Å². The van der Waals surface area contributed by atoms with E-state index in [9.17, 15) is 13.5 Å². The Hall–Kier alpha value is -2.37. The molecule has 0 atom stereocenters. The van der Waals surface area contributed by atoms with E-state index in [4.69, 9.17) is 4.18 Å². The van der Waals surface area contributed by atoms with Crippen LogP contribution in [0.25, 0.3) is 10.8 Å². The Balaban J connectivity index is 1.97. The standard InChI is InChI=1S/C17H14O4S/c18-15-10-9-14-7-4-8-17(16(14)11-15)22(19,20)21-12-13-5-2-1-3-6-13/h1-11,18H,12H2. The van der Waals surface area contributed by atoms with Crippen molar-refractivity contribution in [2.45, 2.75) is 11.5 Å². The molecule has 0 saturated heterocycles. The Kier molecular flexibility index (Phi) is 3.83. The van der Waals surface area contributed by atoms with Gasteiger partial charge in [-0.25, -0.2) is 0 Å². The molecule has 0 aliphatic rings. The van der Waals surface area contributed by atoms with Gasteiger partial charge < -0.3 is 5.11 Å². The van der Waals surface area contributed by atoms with E-state index in [1.807, 2.05) is 18.2 Å². The molecule has 0 aromatic heterocycles. The van der Waals surface area contributed by atoms with E-state index in [0.717, 1.165) is 10.9 Å². The Morgan fingerprint density at radius 1 is 0.909 bits per heavy atom. The van der Waals surface area contributed by atoms with Crippen molar-refractivity contribution in [3.63, 3.8) is 0 Å². The number of hydrogen-bond acceptors (Lipinski definition) is 4. The fourth-order valence-electron chi connectivity index (χ4n) is 2.23. The highest BCUT2D eigenvalue weighted by molar-refractivity contribution is 7.87. The van der Waals surface area contributed by atoms with Crippen LogP contribution in [-0.4, -0.2) is 13.5 Å². The Morgan fingerprint density at radius 3 is 2.45 bits per heavy atom. The molecule has 0 radical (unpaired) electrons. The van der Waals surface area contributed by atoms with E-state index >= 15 is 0 Å². The molecule has 0 unspecified atom stereocenters. The van der Waals surface area contributed by atoms with Gasteiger partial charge in [0.1, 0.15) is 10.6 Å². The maximum Gasteiger partial charge on any atom is 0.297 e. The summed E-state index contributed by atoms with van der Waals surface area (Å²) in [6.45, 7) is -0.0294. The largest absolute Gasteiger partial charge is 0.508 e. The molecule has 0 bridgehead atoms. The molecular weight excluding hydrogens is 300 g/mol. The molecule has 0 aliphatic carbocycles. The van der Waals surface area contributed by atoms with E-state index in [-0.39, 0.29) is 17.3 Å². The average molecular weight is 314 g/mol. The average Bonchev–Trinajstić information content (AvgIpc) is 2.53. The van der Waals surface area contributed by atoms with E-state index in [0.29, 0.717) is 5.39 Å². The lowest BCUT2D eigenvalue weighted by atomic mass is 10.1. The number of aromatic hydroxyl groups is 1. The highest BCUT2D eigenvalue weighted by Gasteiger charge is 2.18. The summed E-state index contributed by atoms with van der Waals surface area (Å²) in [5, 5.41) is 10.8. The first-order chi connectivity index (χ1) is 10.6. The second-order valence-electron chi connectivity index (χ2n) is 4.86. The second-order valence-corrected chi connectivity index (χ2v) is 6.45. The van der Waals surface area contributed by atoms with Crippen molar-refractivity contribution in [1.29, 1.82) is 0 Å². The van der Waals surface area contributed by atoms with Gasteiger partial charge in [-0.05, 0) is 29.1 Å². The predicted molar refractivity (Wildman–Crippen MR) is 84.0 cm³/mol. The minimum absolute atomic E-state index is 0.0122. The van der Waals surface area contributed by atoms with Crippen molar-refractivity contribution < 1.29 is 17.7 Å². The molecule has 3 rings (SSSR count). The summed E-state index contributed by atoms with van der Waals surface area (Å²) in [5.74, 6) is 0.0122. The van der Waals surface area contributed by atoms with Crippen LogP contribution in [0.4, 0.5) is 0 Å². The Labute approximate surface area is 128 Å². The van der Waals surface area contributed by atoms with Gasteiger partial charge in [0.05, 0.1) is 6.61 Å². The molecule has 0 saturated carbocycles. The van der Waals surface area contributed by atoms with Crippen LogP contribution < -0.4 is 0 Å². The Morgan fingerprint density at radius 2 is 1.68 bits per heavy atom. The van der Waals surface area contributed by atoms with E-state index in [1.54, 1.807) is 30.3 Å². The number of benzene rings is 3. The van der Waals surface area contributed by atoms with Crippen molar-refractivity contribution >= 4 is 20.9 Å². The highest BCUT2D eigenvalue weighted by atomic mass is 32.2.